The van der Waals surface area contributed by atoms with Crippen molar-refractivity contribution in [3.63, 3.8) is 0 Å². The van der Waals surface area contributed by atoms with Gasteiger partial charge in [0, 0.05) is 5.75 Å². The van der Waals surface area contributed by atoms with Crippen LogP contribution < -0.4 is 0 Å². The monoisotopic (exact) mass is 178 g/mol. The van der Waals surface area contributed by atoms with Crippen LogP contribution in [0.25, 0.3) is 0 Å². The fourth-order valence-corrected chi connectivity index (χ4v) is 3.44. The Morgan fingerprint density at radius 2 is 2.50 bits per heavy atom. The van der Waals surface area contributed by atoms with E-state index >= 15 is 0 Å². The highest BCUT2D eigenvalue weighted by Gasteiger charge is 2.22. The van der Waals surface area contributed by atoms with Gasteiger partial charge >= 0.3 is 5.97 Å². The zero-order valence-electron chi connectivity index (χ0n) is 5.83. The molecule has 1 heterocycles. The highest BCUT2D eigenvalue weighted by molar-refractivity contribution is 8.77. The van der Waals surface area contributed by atoms with Gasteiger partial charge in [0.1, 0.15) is 5.25 Å². The van der Waals surface area contributed by atoms with Gasteiger partial charge < -0.3 is 4.74 Å². The molecule has 1 aliphatic rings. The number of ether oxygens (including phenoxy) is 1. The molecule has 0 spiro atoms. The first-order valence-electron chi connectivity index (χ1n) is 3.20. The summed E-state index contributed by atoms with van der Waals surface area (Å²) in [7, 11) is 4.85. The van der Waals surface area contributed by atoms with Crippen molar-refractivity contribution in [2.45, 2.75) is 18.1 Å². The third-order valence-electron chi connectivity index (χ3n) is 1.34. The minimum absolute atomic E-state index is 0.0720. The van der Waals surface area contributed by atoms with Gasteiger partial charge in [0.25, 0.3) is 0 Å². The fraction of sp³-hybridized carbons (Fsp3) is 0.833. The lowest BCUT2D eigenvalue weighted by Gasteiger charge is -2.17. The summed E-state index contributed by atoms with van der Waals surface area (Å²) in [5, 5.41) is 0.0868. The second-order valence-electron chi connectivity index (χ2n) is 2.07. The Balaban J connectivity index is 2.31. The lowest BCUT2D eigenvalue weighted by Crippen LogP contribution is -2.20. The summed E-state index contributed by atoms with van der Waals surface area (Å²) < 4.78 is 4.62. The maximum Gasteiger partial charge on any atom is 0.319 e. The third-order valence-corrected chi connectivity index (χ3v) is 4.20. The van der Waals surface area contributed by atoms with Crippen molar-refractivity contribution in [3.05, 3.63) is 0 Å². The topological polar surface area (TPSA) is 26.3 Å². The van der Waals surface area contributed by atoms with Gasteiger partial charge in [-0.25, -0.2) is 0 Å². The van der Waals surface area contributed by atoms with E-state index in [0.29, 0.717) is 0 Å². The van der Waals surface area contributed by atoms with E-state index in [0.717, 1.165) is 18.6 Å². The Labute approximate surface area is 68.5 Å². The van der Waals surface area contributed by atoms with Gasteiger partial charge in [-0.1, -0.05) is 21.6 Å². The molecule has 2 nitrogen and oxygen atoms in total. The number of carbonyl (C=O) groups excluding carboxylic acids is 1. The maximum absolute atomic E-state index is 10.9. The molecule has 0 aromatic rings. The number of rotatable bonds is 1. The largest absolute Gasteiger partial charge is 0.468 e. The van der Waals surface area contributed by atoms with Gasteiger partial charge in [0.2, 0.25) is 0 Å². The van der Waals surface area contributed by atoms with E-state index in [9.17, 15) is 4.79 Å². The number of hydrogen-bond donors (Lipinski definition) is 0. The summed E-state index contributed by atoms with van der Waals surface area (Å²) in [6, 6.07) is 0. The van der Waals surface area contributed by atoms with Crippen LogP contribution in [-0.4, -0.2) is 24.1 Å². The summed E-state index contributed by atoms with van der Waals surface area (Å²) in [6.45, 7) is 0. The Morgan fingerprint density at radius 3 is 3.00 bits per heavy atom. The van der Waals surface area contributed by atoms with Gasteiger partial charge in [-0.05, 0) is 12.8 Å². The van der Waals surface area contributed by atoms with Crippen LogP contribution >= 0.6 is 21.6 Å². The lowest BCUT2D eigenvalue weighted by atomic mass is 10.2. The standard InChI is InChI=1S/C6H10O2S2/c1-8-6(7)5-3-2-4-9-10-5/h5H,2-4H2,1H3. The molecule has 0 saturated carbocycles. The van der Waals surface area contributed by atoms with Crippen LogP contribution in [0, 0.1) is 0 Å². The van der Waals surface area contributed by atoms with Crippen LogP contribution in [0.2, 0.25) is 0 Å². The molecule has 0 aromatic carbocycles. The van der Waals surface area contributed by atoms with Gasteiger partial charge in [0.05, 0.1) is 7.11 Å². The molecule has 58 valence electrons. The van der Waals surface area contributed by atoms with Crippen molar-refractivity contribution in [3.8, 4) is 0 Å². The first-order valence-corrected chi connectivity index (χ1v) is 5.59. The molecule has 1 aliphatic heterocycles. The first kappa shape index (κ1) is 8.27. The molecular formula is C6H10O2S2. The number of carbonyl (C=O) groups is 1. The summed E-state index contributed by atoms with van der Waals surface area (Å²) >= 11 is 0. The molecule has 0 N–H and O–H groups in total. The fourth-order valence-electron chi connectivity index (χ4n) is 0.795. The molecule has 10 heavy (non-hydrogen) atoms. The van der Waals surface area contributed by atoms with Crippen LogP contribution in [-0.2, 0) is 9.53 Å². The molecule has 0 aromatic heterocycles. The Bertz CT molecular complexity index is 121. The maximum atomic E-state index is 10.9. The predicted molar refractivity (Wildman–Crippen MR) is 45.1 cm³/mol. The van der Waals surface area contributed by atoms with E-state index < -0.39 is 0 Å². The molecule has 0 bridgehead atoms. The van der Waals surface area contributed by atoms with Crippen molar-refractivity contribution < 1.29 is 9.53 Å². The average molecular weight is 178 g/mol. The summed E-state index contributed by atoms with van der Waals surface area (Å²) in [5.74, 6) is 1.09. The minimum Gasteiger partial charge on any atom is -0.468 e. The van der Waals surface area contributed by atoms with Gasteiger partial charge in [-0.2, -0.15) is 0 Å². The number of hydrogen-bond acceptors (Lipinski definition) is 4. The van der Waals surface area contributed by atoms with Crippen molar-refractivity contribution in [2.24, 2.45) is 0 Å². The molecule has 0 radical (unpaired) electrons. The van der Waals surface area contributed by atoms with Crippen LogP contribution in [0.5, 0.6) is 0 Å². The molecular weight excluding hydrogens is 168 g/mol. The SMILES string of the molecule is COC(=O)C1CCCSS1. The van der Waals surface area contributed by atoms with E-state index in [1.54, 1.807) is 21.6 Å². The Kier molecular flexibility index (Phi) is 3.42. The van der Waals surface area contributed by atoms with Gasteiger partial charge in [-0.3, -0.25) is 4.79 Å². The van der Waals surface area contributed by atoms with Crippen LogP contribution in [0.4, 0.5) is 0 Å². The zero-order chi connectivity index (χ0) is 7.40. The van der Waals surface area contributed by atoms with E-state index in [-0.39, 0.29) is 11.2 Å². The lowest BCUT2D eigenvalue weighted by molar-refractivity contribution is -0.140. The molecule has 0 amide bonds. The zero-order valence-corrected chi connectivity index (χ0v) is 7.46. The third kappa shape index (κ3) is 2.09. The quantitative estimate of drug-likeness (QED) is 0.451. The molecule has 1 rings (SSSR count). The van der Waals surface area contributed by atoms with Crippen molar-refractivity contribution in [2.75, 3.05) is 12.9 Å². The normalized spacial score (nSPS) is 25.9. The van der Waals surface area contributed by atoms with Crippen molar-refractivity contribution >= 4 is 27.6 Å². The molecule has 1 unspecified atom stereocenters. The minimum atomic E-state index is -0.0720. The van der Waals surface area contributed by atoms with Gasteiger partial charge in [-0.15, -0.1) is 0 Å². The first-order chi connectivity index (χ1) is 4.84. The molecule has 1 fully saturated rings. The smallest absolute Gasteiger partial charge is 0.319 e. The molecule has 1 atom stereocenters. The molecule has 1 saturated heterocycles. The van der Waals surface area contributed by atoms with Crippen LogP contribution in [0.1, 0.15) is 12.8 Å². The van der Waals surface area contributed by atoms with Crippen LogP contribution in [0.15, 0.2) is 0 Å². The van der Waals surface area contributed by atoms with E-state index in [1.807, 2.05) is 0 Å². The Hall–Kier alpha value is 0.170. The summed E-state index contributed by atoms with van der Waals surface area (Å²) in [6.07, 6.45) is 2.11. The van der Waals surface area contributed by atoms with Gasteiger partial charge in [0.15, 0.2) is 0 Å². The highest BCUT2D eigenvalue weighted by Crippen LogP contribution is 2.35. The van der Waals surface area contributed by atoms with Crippen molar-refractivity contribution in [1.82, 2.24) is 0 Å². The van der Waals surface area contributed by atoms with Crippen LogP contribution in [0.3, 0.4) is 0 Å². The number of esters is 1. The molecule has 4 heteroatoms. The highest BCUT2D eigenvalue weighted by atomic mass is 33.1. The molecule has 0 aliphatic carbocycles. The predicted octanol–water partition coefficient (Wildman–Crippen LogP) is 1.70. The summed E-state index contributed by atoms with van der Waals surface area (Å²) in [5.41, 5.74) is 0. The van der Waals surface area contributed by atoms with Crippen molar-refractivity contribution in [1.29, 1.82) is 0 Å². The number of methoxy groups -OCH3 is 1. The van der Waals surface area contributed by atoms with E-state index in [1.165, 1.54) is 7.11 Å². The van der Waals surface area contributed by atoms with E-state index in [4.69, 9.17) is 0 Å². The van der Waals surface area contributed by atoms with E-state index in [2.05, 4.69) is 4.74 Å². The second kappa shape index (κ2) is 4.13. The average Bonchev–Trinajstić information content (AvgIpc) is 2.05. The second-order valence-corrected chi connectivity index (χ2v) is 4.76. The summed E-state index contributed by atoms with van der Waals surface area (Å²) in [4.78, 5) is 10.9. The Morgan fingerprint density at radius 1 is 1.70 bits per heavy atom.